The molecule has 2 heterocycles. The van der Waals surface area contributed by atoms with Crippen LogP contribution in [0, 0.1) is 5.92 Å². The number of fused-ring (bicyclic) bond motifs is 1. The number of ether oxygens (including phenoxy) is 3. The molecule has 130 valence electrons. The fraction of sp³-hybridized carbons (Fsp3) is 0.500. The van der Waals surface area contributed by atoms with Gasteiger partial charge in [0.15, 0.2) is 11.3 Å². The molecular weight excluding hydrogens is 376 g/mol. The van der Waals surface area contributed by atoms with E-state index in [1.54, 1.807) is 6.92 Å². The Morgan fingerprint density at radius 2 is 2.12 bits per heavy atom. The van der Waals surface area contributed by atoms with Gasteiger partial charge in [-0.3, -0.25) is 0 Å². The molecule has 0 unspecified atom stereocenters. The van der Waals surface area contributed by atoms with Crippen molar-refractivity contribution in [3.63, 3.8) is 0 Å². The van der Waals surface area contributed by atoms with Gasteiger partial charge >= 0.3 is 5.97 Å². The summed E-state index contributed by atoms with van der Waals surface area (Å²) in [5, 5.41) is 0.698. The van der Waals surface area contributed by atoms with Crippen molar-refractivity contribution in [1.82, 2.24) is 0 Å². The van der Waals surface area contributed by atoms with Crippen molar-refractivity contribution in [3.8, 4) is 5.75 Å². The molecule has 1 aromatic heterocycles. The Morgan fingerprint density at radius 3 is 2.88 bits per heavy atom. The van der Waals surface area contributed by atoms with Crippen molar-refractivity contribution in [2.45, 2.75) is 26.2 Å². The summed E-state index contributed by atoms with van der Waals surface area (Å²) < 4.78 is 22.8. The maximum atomic E-state index is 12.0. The van der Waals surface area contributed by atoms with Gasteiger partial charge in [0.2, 0.25) is 0 Å². The lowest BCUT2D eigenvalue weighted by atomic mass is 9.97. The first-order valence-electron chi connectivity index (χ1n) is 8.27. The fourth-order valence-electron chi connectivity index (χ4n) is 2.92. The van der Waals surface area contributed by atoms with E-state index < -0.39 is 0 Å². The van der Waals surface area contributed by atoms with Crippen LogP contribution in [0.25, 0.3) is 11.0 Å². The molecule has 0 amide bonds. The summed E-state index contributed by atoms with van der Waals surface area (Å²) in [6.45, 7) is 4.40. The topological polar surface area (TPSA) is 57.9 Å². The summed E-state index contributed by atoms with van der Waals surface area (Å²) in [5.74, 6) is 0.901. The molecule has 24 heavy (non-hydrogen) atoms. The van der Waals surface area contributed by atoms with E-state index in [9.17, 15) is 4.79 Å². The molecule has 0 aliphatic carbocycles. The third kappa shape index (κ3) is 3.92. The van der Waals surface area contributed by atoms with Crippen LogP contribution < -0.4 is 4.74 Å². The minimum atomic E-state index is -0.387. The van der Waals surface area contributed by atoms with Gasteiger partial charge in [-0.15, -0.1) is 0 Å². The van der Waals surface area contributed by atoms with Crippen molar-refractivity contribution in [3.05, 3.63) is 28.4 Å². The lowest BCUT2D eigenvalue weighted by molar-refractivity contribution is 0.0527. The van der Waals surface area contributed by atoms with Crippen LogP contribution in [-0.2, 0) is 9.47 Å². The number of rotatable bonds is 6. The molecule has 0 saturated carbocycles. The maximum absolute atomic E-state index is 12.0. The highest BCUT2D eigenvalue weighted by atomic mass is 79.9. The lowest BCUT2D eigenvalue weighted by Crippen LogP contribution is -2.17. The molecule has 6 heteroatoms. The van der Waals surface area contributed by atoms with E-state index in [-0.39, 0.29) is 5.97 Å². The van der Waals surface area contributed by atoms with Crippen LogP contribution >= 0.6 is 15.9 Å². The zero-order valence-corrected chi connectivity index (χ0v) is 15.3. The highest BCUT2D eigenvalue weighted by Gasteiger charge is 2.19. The molecule has 1 aromatic carbocycles. The van der Waals surface area contributed by atoms with E-state index in [2.05, 4.69) is 15.9 Å². The summed E-state index contributed by atoms with van der Waals surface area (Å²) in [7, 11) is 0. The molecule has 3 rings (SSSR count). The monoisotopic (exact) mass is 396 g/mol. The molecule has 1 aliphatic rings. The maximum Gasteiger partial charge on any atom is 0.342 e. The number of esters is 1. The van der Waals surface area contributed by atoms with Crippen LogP contribution in [0.15, 0.2) is 27.3 Å². The Hall–Kier alpha value is -1.53. The molecule has 0 atom stereocenters. The highest BCUT2D eigenvalue weighted by molar-refractivity contribution is 9.10. The van der Waals surface area contributed by atoms with Gasteiger partial charge in [-0.2, -0.15) is 0 Å². The summed E-state index contributed by atoms with van der Waals surface area (Å²) >= 11 is 3.47. The summed E-state index contributed by atoms with van der Waals surface area (Å²) in [6, 6.07) is 3.71. The van der Waals surface area contributed by atoms with E-state index in [1.807, 2.05) is 12.1 Å². The molecule has 1 fully saturated rings. The van der Waals surface area contributed by atoms with Gasteiger partial charge < -0.3 is 18.6 Å². The van der Waals surface area contributed by atoms with E-state index in [0.29, 0.717) is 41.4 Å². The van der Waals surface area contributed by atoms with Gasteiger partial charge in [-0.05, 0) is 44.2 Å². The predicted molar refractivity (Wildman–Crippen MR) is 93.5 cm³/mol. The molecule has 5 nitrogen and oxygen atoms in total. The van der Waals surface area contributed by atoms with Gasteiger partial charge in [-0.25, -0.2) is 4.79 Å². The van der Waals surface area contributed by atoms with Crippen LogP contribution in [0.3, 0.4) is 0 Å². The van der Waals surface area contributed by atoms with Gasteiger partial charge in [0, 0.05) is 23.1 Å². The molecule has 0 N–H and O–H groups in total. The second kappa shape index (κ2) is 8.03. The average Bonchev–Trinajstić information content (AvgIpc) is 3.00. The number of carbonyl (C=O) groups excluding carboxylic acids is 1. The molecule has 0 spiro atoms. The fourth-order valence-corrected chi connectivity index (χ4v) is 3.35. The Balaban J connectivity index is 1.74. The normalized spacial score (nSPS) is 15.6. The van der Waals surface area contributed by atoms with E-state index in [0.717, 1.165) is 36.9 Å². The van der Waals surface area contributed by atoms with Crippen molar-refractivity contribution in [1.29, 1.82) is 0 Å². The molecule has 0 radical (unpaired) electrons. The number of hydrogen-bond donors (Lipinski definition) is 0. The third-order valence-corrected chi connectivity index (χ3v) is 4.68. The smallest absolute Gasteiger partial charge is 0.342 e. The summed E-state index contributed by atoms with van der Waals surface area (Å²) in [5.41, 5.74) is 0.996. The van der Waals surface area contributed by atoms with Gasteiger partial charge in [0.1, 0.15) is 11.8 Å². The minimum absolute atomic E-state index is 0.327. The lowest BCUT2D eigenvalue weighted by Gasteiger charge is -2.21. The van der Waals surface area contributed by atoms with E-state index >= 15 is 0 Å². The van der Waals surface area contributed by atoms with Crippen LogP contribution in [0.5, 0.6) is 5.75 Å². The van der Waals surface area contributed by atoms with Crippen LogP contribution in [0.2, 0.25) is 0 Å². The number of hydrogen-bond acceptors (Lipinski definition) is 5. The molecule has 1 saturated heterocycles. The van der Waals surface area contributed by atoms with Crippen molar-refractivity contribution < 1.29 is 23.4 Å². The summed E-state index contributed by atoms with van der Waals surface area (Å²) in [6.07, 6.45) is 4.60. The van der Waals surface area contributed by atoms with E-state index in [1.165, 1.54) is 6.26 Å². The first-order valence-corrected chi connectivity index (χ1v) is 9.06. The Labute approximate surface area is 149 Å². The number of carbonyl (C=O) groups is 1. The molecule has 0 bridgehead atoms. The highest BCUT2D eigenvalue weighted by Crippen LogP contribution is 2.34. The molecular formula is C18H21BrO5. The first-order chi connectivity index (χ1) is 11.7. The summed E-state index contributed by atoms with van der Waals surface area (Å²) in [4.78, 5) is 12.0. The Bertz CT molecular complexity index is 703. The van der Waals surface area contributed by atoms with Crippen LogP contribution in [0.4, 0.5) is 0 Å². The van der Waals surface area contributed by atoms with Gasteiger partial charge in [0.05, 0.1) is 13.2 Å². The number of furan rings is 1. The molecule has 1 aliphatic heterocycles. The van der Waals surface area contributed by atoms with Crippen molar-refractivity contribution >= 4 is 32.9 Å². The Morgan fingerprint density at radius 1 is 1.33 bits per heavy atom. The molecule has 2 aromatic rings. The predicted octanol–water partition coefficient (Wildman–Crippen LogP) is 4.57. The van der Waals surface area contributed by atoms with Crippen LogP contribution in [0.1, 0.15) is 36.5 Å². The second-order valence-corrected chi connectivity index (χ2v) is 6.76. The van der Waals surface area contributed by atoms with Gasteiger partial charge in [-0.1, -0.05) is 15.9 Å². The van der Waals surface area contributed by atoms with Gasteiger partial charge in [0.25, 0.3) is 0 Å². The number of halogens is 1. The van der Waals surface area contributed by atoms with Crippen LogP contribution in [-0.4, -0.2) is 32.4 Å². The second-order valence-electron chi connectivity index (χ2n) is 5.84. The van der Waals surface area contributed by atoms with Crippen molar-refractivity contribution in [2.24, 2.45) is 5.92 Å². The Kier molecular flexibility index (Phi) is 5.79. The minimum Gasteiger partial charge on any atom is -0.490 e. The average molecular weight is 397 g/mol. The SMILES string of the molecule is CCOC(=O)c1coc2c(OCCC3CCOCC3)cc(Br)cc12. The third-order valence-electron chi connectivity index (χ3n) is 4.22. The zero-order valence-electron chi connectivity index (χ0n) is 13.7. The van der Waals surface area contributed by atoms with Crippen molar-refractivity contribution in [2.75, 3.05) is 26.4 Å². The number of benzene rings is 1. The first kappa shape index (κ1) is 17.3. The quantitative estimate of drug-likeness (QED) is 0.669. The standard InChI is InChI=1S/C18H21BrO5/c1-2-22-18(20)15-11-24-17-14(15)9-13(19)10-16(17)23-8-5-12-3-6-21-7-4-12/h9-12H,2-8H2,1H3. The largest absolute Gasteiger partial charge is 0.490 e. The van der Waals surface area contributed by atoms with E-state index in [4.69, 9.17) is 18.6 Å². The zero-order chi connectivity index (χ0) is 16.9.